The molecule has 0 aromatic carbocycles. The highest BCUT2D eigenvalue weighted by Gasteiger charge is 2.28. The molecule has 1 aliphatic heterocycles. The SMILES string of the molecule is OCC1CCC(n2cnc3c(OC4CCCCC4)ncnc32)O1. The number of aliphatic hydroxyl groups excluding tert-OH is 1. The summed E-state index contributed by atoms with van der Waals surface area (Å²) in [7, 11) is 0. The Morgan fingerprint density at radius 3 is 2.78 bits per heavy atom. The number of nitrogens with zero attached hydrogens (tertiary/aromatic N) is 4. The van der Waals surface area contributed by atoms with Gasteiger partial charge in [0.2, 0.25) is 5.88 Å². The minimum absolute atomic E-state index is 0.0498. The fourth-order valence-corrected chi connectivity index (χ4v) is 3.49. The van der Waals surface area contributed by atoms with Crippen LogP contribution >= 0.6 is 0 Å². The zero-order chi connectivity index (χ0) is 15.6. The maximum atomic E-state index is 9.23. The molecule has 4 rings (SSSR count). The van der Waals surface area contributed by atoms with Crippen molar-refractivity contribution >= 4 is 11.2 Å². The molecular weight excluding hydrogens is 296 g/mol. The quantitative estimate of drug-likeness (QED) is 0.930. The first-order chi connectivity index (χ1) is 11.3. The Morgan fingerprint density at radius 1 is 1.13 bits per heavy atom. The van der Waals surface area contributed by atoms with Gasteiger partial charge in [0.05, 0.1) is 19.0 Å². The van der Waals surface area contributed by atoms with E-state index in [2.05, 4.69) is 15.0 Å². The maximum absolute atomic E-state index is 9.23. The van der Waals surface area contributed by atoms with Gasteiger partial charge in [0.15, 0.2) is 11.2 Å². The van der Waals surface area contributed by atoms with E-state index >= 15 is 0 Å². The van der Waals surface area contributed by atoms with Crippen LogP contribution in [-0.2, 0) is 4.74 Å². The number of hydrogen-bond acceptors (Lipinski definition) is 6. The maximum Gasteiger partial charge on any atom is 0.245 e. The lowest BCUT2D eigenvalue weighted by molar-refractivity contribution is -0.0207. The molecule has 0 radical (unpaired) electrons. The summed E-state index contributed by atoms with van der Waals surface area (Å²) in [5.41, 5.74) is 1.42. The van der Waals surface area contributed by atoms with Crippen LogP contribution in [-0.4, -0.2) is 43.4 Å². The number of ether oxygens (including phenoxy) is 2. The predicted octanol–water partition coefficient (Wildman–Crippen LogP) is 2.21. The molecule has 1 aliphatic carbocycles. The predicted molar refractivity (Wildman–Crippen MR) is 83.1 cm³/mol. The van der Waals surface area contributed by atoms with Crippen LogP contribution in [0.1, 0.15) is 51.2 Å². The van der Waals surface area contributed by atoms with E-state index in [1.807, 2.05) is 4.57 Å². The second kappa shape index (κ2) is 6.41. The number of aliphatic hydroxyl groups is 1. The van der Waals surface area contributed by atoms with Crippen LogP contribution in [0.2, 0.25) is 0 Å². The first-order valence-corrected chi connectivity index (χ1v) is 8.45. The molecule has 2 aromatic heterocycles. The molecule has 7 heteroatoms. The molecule has 0 amide bonds. The Hall–Kier alpha value is -1.73. The van der Waals surface area contributed by atoms with Gasteiger partial charge in [0, 0.05) is 0 Å². The van der Waals surface area contributed by atoms with Crippen LogP contribution in [0.15, 0.2) is 12.7 Å². The monoisotopic (exact) mass is 318 g/mol. The van der Waals surface area contributed by atoms with Crippen molar-refractivity contribution in [3.8, 4) is 5.88 Å². The lowest BCUT2D eigenvalue weighted by Gasteiger charge is -2.22. The smallest absolute Gasteiger partial charge is 0.245 e. The number of fused-ring (bicyclic) bond motifs is 1. The van der Waals surface area contributed by atoms with Gasteiger partial charge in [-0.15, -0.1) is 0 Å². The van der Waals surface area contributed by atoms with Gasteiger partial charge < -0.3 is 14.6 Å². The third kappa shape index (κ3) is 2.90. The van der Waals surface area contributed by atoms with Crippen molar-refractivity contribution in [2.45, 2.75) is 63.4 Å². The molecule has 1 saturated heterocycles. The molecule has 0 spiro atoms. The van der Waals surface area contributed by atoms with Gasteiger partial charge in [-0.25, -0.2) is 9.97 Å². The van der Waals surface area contributed by atoms with E-state index in [0.29, 0.717) is 11.4 Å². The van der Waals surface area contributed by atoms with Gasteiger partial charge in [-0.1, -0.05) is 6.42 Å². The summed E-state index contributed by atoms with van der Waals surface area (Å²) >= 11 is 0. The second-order valence-electron chi connectivity index (χ2n) is 6.35. The van der Waals surface area contributed by atoms with Gasteiger partial charge in [0.1, 0.15) is 18.7 Å². The summed E-state index contributed by atoms with van der Waals surface area (Å²) < 4.78 is 13.8. The average molecular weight is 318 g/mol. The van der Waals surface area contributed by atoms with Gasteiger partial charge >= 0.3 is 0 Å². The van der Waals surface area contributed by atoms with Gasteiger partial charge in [-0.3, -0.25) is 4.57 Å². The topological polar surface area (TPSA) is 82.3 Å². The molecule has 2 aliphatic rings. The van der Waals surface area contributed by atoms with E-state index < -0.39 is 0 Å². The summed E-state index contributed by atoms with van der Waals surface area (Å²) in [5, 5.41) is 9.23. The lowest BCUT2D eigenvalue weighted by Crippen LogP contribution is -2.20. The fraction of sp³-hybridized carbons (Fsp3) is 0.688. The Morgan fingerprint density at radius 2 is 2.00 bits per heavy atom. The van der Waals surface area contributed by atoms with Crippen molar-refractivity contribution < 1.29 is 14.6 Å². The van der Waals surface area contributed by atoms with Crippen LogP contribution in [0, 0.1) is 0 Å². The summed E-state index contributed by atoms with van der Waals surface area (Å²) in [5.74, 6) is 0.567. The zero-order valence-corrected chi connectivity index (χ0v) is 13.1. The summed E-state index contributed by atoms with van der Waals surface area (Å²) in [4.78, 5) is 13.1. The van der Waals surface area contributed by atoms with Gasteiger partial charge in [-0.2, -0.15) is 4.98 Å². The second-order valence-corrected chi connectivity index (χ2v) is 6.35. The largest absolute Gasteiger partial charge is 0.473 e. The van der Waals surface area contributed by atoms with Crippen LogP contribution in [0.3, 0.4) is 0 Å². The Balaban J connectivity index is 1.59. The first-order valence-electron chi connectivity index (χ1n) is 8.45. The third-order valence-electron chi connectivity index (χ3n) is 4.75. The standard InChI is InChI=1S/C16H22N4O3/c21-8-12-6-7-13(22-12)20-10-19-14-15(20)17-9-18-16(14)23-11-4-2-1-3-5-11/h9-13,21H,1-8H2. The van der Waals surface area contributed by atoms with E-state index in [9.17, 15) is 5.11 Å². The fourth-order valence-electron chi connectivity index (χ4n) is 3.49. The highest BCUT2D eigenvalue weighted by molar-refractivity contribution is 5.76. The highest BCUT2D eigenvalue weighted by Crippen LogP contribution is 2.32. The molecule has 0 bridgehead atoms. The number of rotatable bonds is 4. The van der Waals surface area contributed by atoms with E-state index in [-0.39, 0.29) is 25.0 Å². The lowest BCUT2D eigenvalue weighted by atomic mass is 9.98. The van der Waals surface area contributed by atoms with Gasteiger partial charge in [-0.05, 0) is 38.5 Å². The molecule has 2 atom stereocenters. The zero-order valence-electron chi connectivity index (χ0n) is 13.1. The summed E-state index contributed by atoms with van der Waals surface area (Å²) in [6.07, 6.45) is 10.8. The molecule has 2 fully saturated rings. The third-order valence-corrected chi connectivity index (χ3v) is 4.75. The summed E-state index contributed by atoms with van der Waals surface area (Å²) in [6.45, 7) is 0.0498. The van der Waals surface area contributed by atoms with Crippen molar-refractivity contribution in [2.24, 2.45) is 0 Å². The minimum Gasteiger partial charge on any atom is -0.473 e. The van der Waals surface area contributed by atoms with E-state index in [1.54, 1.807) is 6.33 Å². The van der Waals surface area contributed by atoms with E-state index in [4.69, 9.17) is 9.47 Å². The van der Waals surface area contributed by atoms with Crippen LogP contribution < -0.4 is 4.74 Å². The van der Waals surface area contributed by atoms with Gasteiger partial charge in [0.25, 0.3) is 0 Å². The number of imidazole rings is 1. The Kier molecular flexibility index (Phi) is 4.13. The first kappa shape index (κ1) is 14.8. The van der Waals surface area contributed by atoms with Crippen molar-refractivity contribution in [1.82, 2.24) is 19.5 Å². The summed E-state index contributed by atoms with van der Waals surface area (Å²) in [6, 6.07) is 0. The van der Waals surface area contributed by atoms with Crippen LogP contribution in [0.25, 0.3) is 11.2 Å². The average Bonchev–Trinajstić information content (AvgIpc) is 3.22. The van der Waals surface area contributed by atoms with Crippen LogP contribution in [0.5, 0.6) is 5.88 Å². The van der Waals surface area contributed by atoms with Crippen molar-refractivity contribution in [1.29, 1.82) is 0 Å². The normalized spacial score (nSPS) is 26.0. The molecule has 2 unspecified atom stereocenters. The molecule has 2 aromatic rings. The molecule has 1 N–H and O–H groups in total. The molecule has 124 valence electrons. The van der Waals surface area contributed by atoms with Crippen molar-refractivity contribution in [3.05, 3.63) is 12.7 Å². The highest BCUT2D eigenvalue weighted by atomic mass is 16.5. The molecular formula is C16H22N4O3. The number of aromatic nitrogens is 4. The molecule has 1 saturated carbocycles. The molecule has 3 heterocycles. The van der Waals surface area contributed by atoms with Crippen LogP contribution in [0.4, 0.5) is 0 Å². The molecule has 7 nitrogen and oxygen atoms in total. The minimum atomic E-state index is -0.130. The van der Waals surface area contributed by atoms with Crippen molar-refractivity contribution in [3.63, 3.8) is 0 Å². The van der Waals surface area contributed by atoms with E-state index in [0.717, 1.165) is 31.3 Å². The molecule has 23 heavy (non-hydrogen) atoms. The number of hydrogen-bond donors (Lipinski definition) is 1. The van der Waals surface area contributed by atoms with E-state index in [1.165, 1.54) is 25.6 Å². The Bertz CT molecular complexity index is 668. The Labute approximate surface area is 134 Å². The van der Waals surface area contributed by atoms with Crippen molar-refractivity contribution in [2.75, 3.05) is 6.61 Å².